The predicted octanol–water partition coefficient (Wildman–Crippen LogP) is 3.07. The molecular formula is C9H9ClF3NO. The lowest BCUT2D eigenvalue weighted by Gasteiger charge is -2.12. The number of pyridine rings is 1. The Morgan fingerprint density at radius 3 is 2.67 bits per heavy atom. The van der Waals surface area contributed by atoms with E-state index < -0.39 is 12.8 Å². The van der Waals surface area contributed by atoms with Crippen molar-refractivity contribution in [3.8, 4) is 5.75 Å². The molecule has 0 amide bonds. The first-order valence-corrected chi connectivity index (χ1v) is 4.67. The number of ether oxygens (including phenoxy) is 1. The summed E-state index contributed by atoms with van der Waals surface area (Å²) in [5.41, 5.74) is 1.03. The normalized spacial score (nSPS) is 11.5. The van der Waals surface area contributed by atoms with Crippen molar-refractivity contribution in [2.24, 2.45) is 0 Å². The van der Waals surface area contributed by atoms with E-state index in [9.17, 15) is 13.2 Å². The van der Waals surface area contributed by atoms with Crippen molar-refractivity contribution >= 4 is 11.6 Å². The van der Waals surface area contributed by atoms with E-state index in [1.807, 2.05) is 0 Å². The van der Waals surface area contributed by atoms with Crippen molar-refractivity contribution in [1.29, 1.82) is 0 Å². The van der Waals surface area contributed by atoms with Crippen LogP contribution in [0, 0.1) is 6.92 Å². The molecule has 0 aliphatic rings. The van der Waals surface area contributed by atoms with Crippen molar-refractivity contribution in [2.75, 3.05) is 6.61 Å². The maximum Gasteiger partial charge on any atom is 0.422 e. The second-order valence-electron chi connectivity index (χ2n) is 2.97. The van der Waals surface area contributed by atoms with Crippen LogP contribution < -0.4 is 4.74 Å². The third kappa shape index (κ3) is 3.95. The van der Waals surface area contributed by atoms with Crippen LogP contribution >= 0.6 is 11.6 Å². The lowest BCUT2D eigenvalue weighted by Crippen LogP contribution is -2.19. The summed E-state index contributed by atoms with van der Waals surface area (Å²) in [6.07, 6.45) is -2.94. The van der Waals surface area contributed by atoms with Gasteiger partial charge in [0, 0.05) is 23.5 Å². The van der Waals surface area contributed by atoms with Crippen LogP contribution in [-0.4, -0.2) is 17.8 Å². The van der Waals surface area contributed by atoms with Gasteiger partial charge in [0.25, 0.3) is 0 Å². The van der Waals surface area contributed by atoms with Crippen molar-refractivity contribution in [3.63, 3.8) is 0 Å². The van der Waals surface area contributed by atoms with Crippen LogP contribution in [-0.2, 0) is 5.88 Å². The first kappa shape index (κ1) is 12.1. The van der Waals surface area contributed by atoms with Gasteiger partial charge in [-0.15, -0.1) is 11.6 Å². The minimum Gasteiger partial charge on any atom is -0.484 e. The zero-order valence-electron chi connectivity index (χ0n) is 7.94. The molecule has 0 N–H and O–H groups in total. The molecule has 0 aliphatic carbocycles. The Bertz CT molecular complexity index is 341. The predicted molar refractivity (Wildman–Crippen MR) is 50.1 cm³/mol. The Hall–Kier alpha value is -0.970. The molecule has 1 rings (SSSR count). The summed E-state index contributed by atoms with van der Waals surface area (Å²) in [6.45, 7) is 0.346. The number of aryl methyl sites for hydroxylation is 1. The highest BCUT2D eigenvalue weighted by Crippen LogP contribution is 2.23. The molecule has 0 saturated carbocycles. The third-order valence-electron chi connectivity index (χ3n) is 1.62. The Morgan fingerprint density at radius 1 is 1.47 bits per heavy atom. The van der Waals surface area contributed by atoms with Gasteiger partial charge in [-0.2, -0.15) is 13.2 Å². The number of rotatable bonds is 3. The summed E-state index contributed by atoms with van der Waals surface area (Å²) >= 11 is 5.53. The van der Waals surface area contributed by atoms with E-state index in [-0.39, 0.29) is 11.6 Å². The maximum atomic E-state index is 11.9. The standard InChI is InChI=1S/C9H9ClF3NO/c1-6-2-8(7(3-10)4-14-6)15-5-9(11,12)13/h2,4H,3,5H2,1H3. The van der Waals surface area contributed by atoms with Gasteiger partial charge in [-0.3, -0.25) is 4.98 Å². The van der Waals surface area contributed by atoms with Crippen molar-refractivity contribution in [2.45, 2.75) is 19.0 Å². The van der Waals surface area contributed by atoms with Crippen molar-refractivity contribution in [1.82, 2.24) is 4.98 Å². The summed E-state index contributed by atoms with van der Waals surface area (Å²) in [5, 5.41) is 0. The Labute approximate surface area is 90.0 Å². The zero-order chi connectivity index (χ0) is 11.5. The van der Waals surface area contributed by atoms with Crippen LogP contribution in [0.2, 0.25) is 0 Å². The second kappa shape index (κ2) is 4.70. The highest BCUT2D eigenvalue weighted by Gasteiger charge is 2.28. The molecule has 15 heavy (non-hydrogen) atoms. The molecule has 2 nitrogen and oxygen atoms in total. The van der Waals surface area contributed by atoms with Crippen molar-refractivity contribution in [3.05, 3.63) is 23.5 Å². The molecule has 1 heterocycles. The molecule has 1 aromatic rings. The van der Waals surface area contributed by atoms with Crippen LogP contribution in [0.4, 0.5) is 13.2 Å². The van der Waals surface area contributed by atoms with Gasteiger partial charge in [0.05, 0.1) is 5.88 Å². The van der Waals surface area contributed by atoms with E-state index in [0.29, 0.717) is 11.3 Å². The molecule has 0 radical (unpaired) electrons. The van der Waals surface area contributed by atoms with E-state index in [2.05, 4.69) is 9.72 Å². The van der Waals surface area contributed by atoms with E-state index in [4.69, 9.17) is 11.6 Å². The molecule has 6 heteroatoms. The van der Waals surface area contributed by atoms with E-state index in [0.717, 1.165) is 0 Å². The van der Waals surface area contributed by atoms with Gasteiger partial charge < -0.3 is 4.74 Å². The fourth-order valence-electron chi connectivity index (χ4n) is 0.957. The number of aromatic nitrogens is 1. The van der Waals surface area contributed by atoms with Gasteiger partial charge in [-0.05, 0) is 6.92 Å². The largest absolute Gasteiger partial charge is 0.484 e. The smallest absolute Gasteiger partial charge is 0.422 e. The number of alkyl halides is 4. The lowest BCUT2D eigenvalue weighted by atomic mass is 10.2. The van der Waals surface area contributed by atoms with Crippen molar-refractivity contribution < 1.29 is 17.9 Å². The van der Waals surface area contributed by atoms with Gasteiger partial charge in [0.15, 0.2) is 6.61 Å². The summed E-state index contributed by atoms with van der Waals surface area (Å²) in [7, 11) is 0. The quantitative estimate of drug-likeness (QED) is 0.757. The summed E-state index contributed by atoms with van der Waals surface area (Å²) in [6, 6.07) is 1.43. The summed E-state index contributed by atoms with van der Waals surface area (Å²) in [5.74, 6) is 0.204. The number of hydrogen-bond donors (Lipinski definition) is 0. The van der Waals surface area contributed by atoms with Crippen LogP contribution in [0.25, 0.3) is 0 Å². The van der Waals surface area contributed by atoms with Crippen LogP contribution in [0.5, 0.6) is 5.75 Å². The second-order valence-corrected chi connectivity index (χ2v) is 3.24. The average Bonchev–Trinajstić information content (AvgIpc) is 2.14. The number of halogens is 4. The Morgan fingerprint density at radius 2 is 2.13 bits per heavy atom. The zero-order valence-corrected chi connectivity index (χ0v) is 8.69. The van der Waals surface area contributed by atoms with Crippen LogP contribution in [0.15, 0.2) is 12.3 Å². The van der Waals surface area contributed by atoms with E-state index in [1.54, 1.807) is 6.92 Å². The van der Waals surface area contributed by atoms with Crippen LogP contribution in [0.1, 0.15) is 11.3 Å². The van der Waals surface area contributed by atoms with Gasteiger partial charge in [0.2, 0.25) is 0 Å². The highest BCUT2D eigenvalue weighted by atomic mass is 35.5. The fraction of sp³-hybridized carbons (Fsp3) is 0.444. The molecule has 0 spiro atoms. The molecule has 0 atom stereocenters. The summed E-state index contributed by atoms with van der Waals surface area (Å²) in [4.78, 5) is 3.91. The SMILES string of the molecule is Cc1cc(OCC(F)(F)F)c(CCl)cn1. The molecule has 1 aromatic heterocycles. The molecule has 0 aliphatic heterocycles. The van der Waals surface area contributed by atoms with E-state index >= 15 is 0 Å². The Balaban J connectivity index is 2.79. The third-order valence-corrected chi connectivity index (χ3v) is 1.90. The molecule has 0 bridgehead atoms. The topological polar surface area (TPSA) is 22.1 Å². The summed E-state index contributed by atoms with van der Waals surface area (Å²) < 4.78 is 40.3. The van der Waals surface area contributed by atoms with Gasteiger partial charge >= 0.3 is 6.18 Å². The first-order chi connectivity index (χ1) is 6.92. The highest BCUT2D eigenvalue weighted by molar-refractivity contribution is 6.17. The first-order valence-electron chi connectivity index (χ1n) is 4.13. The molecule has 84 valence electrons. The van der Waals surface area contributed by atoms with Gasteiger partial charge in [-0.1, -0.05) is 0 Å². The Kier molecular flexibility index (Phi) is 3.79. The molecule has 0 fully saturated rings. The molecule has 0 saturated heterocycles. The number of nitrogens with zero attached hydrogens (tertiary/aromatic N) is 1. The fourth-order valence-corrected chi connectivity index (χ4v) is 1.16. The van der Waals surface area contributed by atoms with Gasteiger partial charge in [-0.25, -0.2) is 0 Å². The minimum atomic E-state index is -4.35. The number of hydrogen-bond acceptors (Lipinski definition) is 2. The van der Waals surface area contributed by atoms with Crippen LogP contribution in [0.3, 0.4) is 0 Å². The lowest BCUT2D eigenvalue weighted by molar-refractivity contribution is -0.153. The molecule has 0 aromatic carbocycles. The average molecular weight is 240 g/mol. The van der Waals surface area contributed by atoms with E-state index in [1.165, 1.54) is 12.3 Å². The minimum absolute atomic E-state index is 0.0699. The molecule has 0 unspecified atom stereocenters. The monoisotopic (exact) mass is 239 g/mol. The maximum absolute atomic E-state index is 11.9. The molecular weight excluding hydrogens is 231 g/mol. The van der Waals surface area contributed by atoms with Gasteiger partial charge in [0.1, 0.15) is 5.75 Å².